The molecular weight excluding hydrogens is 323 g/mol. The van der Waals surface area contributed by atoms with Gasteiger partial charge in [0, 0.05) is 10.4 Å². The molecule has 1 aromatic heterocycles. The number of ether oxygens (including phenoxy) is 1. The number of thiazole rings is 1. The SMILES string of the molecule is COC(=O)Cc1nc(-c2ccc(S(F)(F)F)cc2)sc1C. The maximum atomic E-state index is 12.6. The monoisotopic (exact) mass is 335 g/mol. The van der Waals surface area contributed by atoms with Crippen LogP contribution in [0.4, 0.5) is 11.7 Å². The van der Waals surface area contributed by atoms with Gasteiger partial charge in [-0.15, -0.1) is 23.0 Å². The second-order valence-electron chi connectivity index (χ2n) is 4.21. The summed E-state index contributed by atoms with van der Waals surface area (Å²) in [5.41, 5.74) is 1.19. The van der Waals surface area contributed by atoms with Crippen molar-refractivity contribution in [1.82, 2.24) is 4.98 Å². The van der Waals surface area contributed by atoms with E-state index in [1.165, 1.54) is 30.6 Å². The first-order chi connectivity index (χ1) is 9.81. The van der Waals surface area contributed by atoms with Crippen molar-refractivity contribution in [3.63, 3.8) is 0 Å². The van der Waals surface area contributed by atoms with E-state index >= 15 is 0 Å². The van der Waals surface area contributed by atoms with Gasteiger partial charge in [-0.2, -0.15) is 0 Å². The lowest BCUT2D eigenvalue weighted by molar-refractivity contribution is -0.139. The van der Waals surface area contributed by atoms with E-state index in [0.717, 1.165) is 17.0 Å². The zero-order chi connectivity index (χ0) is 15.6. The number of hydrogen-bond acceptors (Lipinski definition) is 4. The van der Waals surface area contributed by atoms with Gasteiger partial charge in [-0.05, 0) is 19.1 Å². The largest absolute Gasteiger partial charge is 0.469 e. The summed E-state index contributed by atoms with van der Waals surface area (Å²) in [5, 5.41) is 0.593. The first-order valence-electron chi connectivity index (χ1n) is 5.87. The van der Waals surface area contributed by atoms with Crippen molar-refractivity contribution in [2.75, 3.05) is 7.11 Å². The molecule has 0 radical (unpaired) electrons. The minimum atomic E-state index is -5.20. The highest BCUT2D eigenvalue weighted by atomic mass is 32.3. The molecule has 0 saturated carbocycles. The minimum Gasteiger partial charge on any atom is -0.469 e. The quantitative estimate of drug-likeness (QED) is 0.764. The summed E-state index contributed by atoms with van der Waals surface area (Å²) in [7, 11) is 1.29. The average molecular weight is 335 g/mol. The van der Waals surface area contributed by atoms with Crippen LogP contribution in [0, 0.1) is 6.92 Å². The van der Waals surface area contributed by atoms with Gasteiger partial charge in [0.1, 0.15) is 5.01 Å². The molecule has 1 aromatic carbocycles. The maximum Gasteiger partial charge on any atom is 0.311 e. The lowest BCUT2D eigenvalue weighted by atomic mass is 10.2. The Morgan fingerprint density at radius 1 is 1.29 bits per heavy atom. The molecule has 114 valence electrons. The van der Waals surface area contributed by atoms with Gasteiger partial charge in [-0.3, -0.25) is 4.79 Å². The molecule has 3 nitrogen and oxygen atoms in total. The van der Waals surface area contributed by atoms with Gasteiger partial charge >= 0.3 is 5.97 Å². The van der Waals surface area contributed by atoms with Gasteiger partial charge < -0.3 is 4.74 Å². The fourth-order valence-corrected chi connectivity index (χ4v) is 3.06. The van der Waals surface area contributed by atoms with Crippen molar-refractivity contribution < 1.29 is 21.2 Å². The molecule has 1 heterocycles. The zero-order valence-electron chi connectivity index (χ0n) is 11.2. The number of carbonyl (C=O) groups excluding carboxylic acids is 1. The Hall–Kier alpha value is -1.54. The number of esters is 1. The fraction of sp³-hybridized carbons (Fsp3) is 0.231. The van der Waals surface area contributed by atoms with Crippen molar-refractivity contribution >= 4 is 28.5 Å². The predicted octanol–water partition coefficient (Wildman–Crippen LogP) is 4.65. The molecule has 2 aromatic rings. The first kappa shape index (κ1) is 15.8. The van der Waals surface area contributed by atoms with Crippen molar-refractivity contribution in [3.05, 3.63) is 34.8 Å². The highest BCUT2D eigenvalue weighted by Crippen LogP contribution is 2.60. The number of halogens is 3. The molecule has 0 spiro atoms. The third-order valence-electron chi connectivity index (χ3n) is 2.80. The Balaban J connectivity index is 2.26. The lowest BCUT2D eigenvalue weighted by Gasteiger charge is -2.09. The Kier molecular flexibility index (Phi) is 4.58. The van der Waals surface area contributed by atoms with Crippen LogP contribution in [0.25, 0.3) is 10.6 Å². The summed E-state index contributed by atoms with van der Waals surface area (Å²) in [4.78, 5) is 15.8. The zero-order valence-corrected chi connectivity index (χ0v) is 12.9. The van der Waals surface area contributed by atoms with Gasteiger partial charge in [0.15, 0.2) is 0 Å². The van der Waals surface area contributed by atoms with Crippen LogP contribution in [-0.4, -0.2) is 18.1 Å². The maximum absolute atomic E-state index is 12.6. The van der Waals surface area contributed by atoms with Gasteiger partial charge in [0.05, 0.1) is 24.1 Å². The van der Waals surface area contributed by atoms with Crippen LogP contribution < -0.4 is 0 Å². The average Bonchev–Trinajstić information content (AvgIpc) is 2.79. The summed E-state index contributed by atoms with van der Waals surface area (Å²) >= 11 is -3.86. The van der Waals surface area contributed by atoms with Crippen molar-refractivity contribution in [1.29, 1.82) is 0 Å². The van der Waals surface area contributed by atoms with E-state index in [4.69, 9.17) is 0 Å². The smallest absolute Gasteiger partial charge is 0.311 e. The number of benzene rings is 1. The van der Waals surface area contributed by atoms with Gasteiger partial charge in [-0.25, -0.2) is 4.98 Å². The van der Waals surface area contributed by atoms with E-state index in [9.17, 15) is 16.5 Å². The molecule has 0 aliphatic heterocycles. The van der Waals surface area contributed by atoms with Crippen molar-refractivity contribution in [3.8, 4) is 10.6 Å². The molecule has 0 bridgehead atoms. The number of methoxy groups -OCH3 is 1. The van der Waals surface area contributed by atoms with Crippen LogP contribution in [0.1, 0.15) is 10.6 Å². The standard InChI is InChI=1S/C13H12F3NO2S2/c1-8-11(7-12(18)19-2)17-13(20-8)9-3-5-10(6-4-9)21(14,15)16/h3-6H,7H2,1-2H3. The normalized spacial score (nSPS) is 12.2. The number of rotatable bonds is 4. The van der Waals surface area contributed by atoms with E-state index in [1.54, 1.807) is 0 Å². The highest BCUT2D eigenvalue weighted by Gasteiger charge is 2.24. The second kappa shape index (κ2) is 6.07. The van der Waals surface area contributed by atoms with Crippen molar-refractivity contribution in [2.24, 2.45) is 0 Å². The van der Waals surface area contributed by atoms with Gasteiger partial charge in [0.25, 0.3) is 0 Å². The minimum absolute atomic E-state index is 0.0591. The number of carbonyl (C=O) groups is 1. The second-order valence-corrected chi connectivity index (χ2v) is 6.69. The molecule has 0 amide bonds. The lowest BCUT2D eigenvalue weighted by Crippen LogP contribution is -2.05. The van der Waals surface area contributed by atoms with Crippen LogP contribution in [0.2, 0.25) is 0 Å². The molecule has 21 heavy (non-hydrogen) atoms. The van der Waals surface area contributed by atoms with Gasteiger partial charge in [-0.1, -0.05) is 12.1 Å². The number of hydrogen-bond donors (Lipinski definition) is 0. The van der Waals surface area contributed by atoms with Crippen LogP contribution in [0.15, 0.2) is 29.2 Å². The molecule has 0 fully saturated rings. The summed E-state index contributed by atoms with van der Waals surface area (Å²) in [6, 6.07) is 4.91. The van der Waals surface area contributed by atoms with Gasteiger partial charge in [0.2, 0.25) is 11.2 Å². The van der Waals surface area contributed by atoms with E-state index in [1.807, 2.05) is 6.92 Å². The number of aryl methyl sites for hydroxylation is 1. The third kappa shape index (κ3) is 3.76. The first-order valence-corrected chi connectivity index (χ1v) is 8.02. The van der Waals surface area contributed by atoms with Crippen LogP contribution >= 0.6 is 22.5 Å². The third-order valence-corrected chi connectivity index (χ3v) is 4.67. The van der Waals surface area contributed by atoms with Crippen molar-refractivity contribution in [2.45, 2.75) is 18.2 Å². The Morgan fingerprint density at radius 2 is 1.90 bits per heavy atom. The van der Waals surface area contributed by atoms with E-state index in [0.29, 0.717) is 16.3 Å². The highest BCUT2D eigenvalue weighted by molar-refractivity contribution is 8.20. The summed E-state index contributed by atoms with van der Waals surface area (Å²) in [6.07, 6.45) is 0.0591. The topological polar surface area (TPSA) is 39.2 Å². The Morgan fingerprint density at radius 3 is 2.43 bits per heavy atom. The molecule has 0 atom stereocenters. The van der Waals surface area contributed by atoms with Crippen LogP contribution in [0.3, 0.4) is 0 Å². The predicted molar refractivity (Wildman–Crippen MR) is 77.2 cm³/mol. The summed E-state index contributed by atoms with van der Waals surface area (Å²) < 4.78 is 42.4. The molecule has 0 aliphatic rings. The van der Waals surface area contributed by atoms with E-state index < -0.39 is 22.1 Å². The summed E-state index contributed by atoms with van der Waals surface area (Å²) in [6.45, 7) is 1.81. The Labute approximate surface area is 126 Å². The number of nitrogens with zero attached hydrogens (tertiary/aromatic N) is 1. The molecule has 2 rings (SSSR count). The summed E-state index contributed by atoms with van der Waals surface area (Å²) in [5.74, 6) is -0.397. The molecular formula is C13H12F3NO2S2. The molecule has 0 aliphatic carbocycles. The van der Waals surface area contributed by atoms with Crippen LogP contribution in [0.5, 0.6) is 0 Å². The molecule has 0 saturated heterocycles. The number of aromatic nitrogens is 1. The fourth-order valence-electron chi connectivity index (χ4n) is 1.68. The van der Waals surface area contributed by atoms with E-state index in [-0.39, 0.29) is 6.42 Å². The Bertz CT molecular complexity index is 650. The van der Waals surface area contributed by atoms with E-state index in [2.05, 4.69) is 9.72 Å². The molecule has 0 unspecified atom stereocenters. The molecule has 8 heteroatoms. The molecule has 0 N–H and O–H groups in total. The van der Waals surface area contributed by atoms with Crippen LogP contribution in [-0.2, 0) is 16.0 Å².